The number of piperidine rings is 1. The Morgan fingerprint density at radius 1 is 1.27 bits per heavy atom. The first kappa shape index (κ1) is 20.2. The lowest BCUT2D eigenvalue weighted by Crippen LogP contribution is -2.40. The molecule has 0 bridgehead atoms. The number of carbonyl (C=O) groups excluding carboxylic acids is 1. The second-order valence-electron chi connectivity index (χ2n) is 7.45. The SMILES string of the molecule is O=C(NCC1CCCN(Cc2cccs2)C1)c1ccn(-c2ccc([N+](=O)[O-])cc2)n1. The van der Waals surface area contributed by atoms with Gasteiger partial charge in [0.25, 0.3) is 11.6 Å². The number of nitro benzene ring substituents is 1. The standard InChI is InChI=1S/C21H23N5O3S/c27-21(20-9-11-25(23-20)17-5-7-18(8-6-17)26(28)29)22-13-16-3-1-10-24(14-16)15-19-4-2-12-30-19/h2,4-9,11-12,16H,1,3,10,13-15H2,(H,22,27). The molecule has 1 amide bonds. The van der Waals surface area contributed by atoms with E-state index in [1.807, 2.05) is 0 Å². The van der Waals surface area contributed by atoms with E-state index < -0.39 is 4.92 Å². The van der Waals surface area contributed by atoms with Gasteiger partial charge in [-0.3, -0.25) is 19.8 Å². The monoisotopic (exact) mass is 425 g/mol. The summed E-state index contributed by atoms with van der Waals surface area (Å²) in [6, 6.07) is 12.0. The Morgan fingerprint density at radius 2 is 2.10 bits per heavy atom. The Bertz CT molecular complexity index is 1000. The van der Waals surface area contributed by atoms with Crippen molar-refractivity contribution in [3.8, 4) is 5.69 Å². The van der Waals surface area contributed by atoms with E-state index in [1.54, 1.807) is 40.4 Å². The third kappa shape index (κ3) is 4.92. The number of likely N-dealkylation sites (tertiary alicyclic amines) is 1. The summed E-state index contributed by atoms with van der Waals surface area (Å²) in [5.74, 6) is 0.227. The third-order valence-electron chi connectivity index (χ3n) is 5.26. The van der Waals surface area contributed by atoms with Gasteiger partial charge in [-0.2, -0.15) is 5.10 Å². The molecule has 0 saturated carbocycles. The number of carbonyl (C=O) groups is 1. The highest BCUT2D eigenvalue weighted by atomic mass is 32.1. The van der Waals surface area contributed by atoms with Crippen molar-refractivity contribution in [2.45, 2.75) is 19.4 Å². The number of nitrogens with zero attached hydrogens (tertiary/aromatic N) is 4. The first-order valence-corrected chi connectivity index (χ1v) is 10.8. The predicted molar refractivity (Wildman–Crippen MR) is 115 cm³/mol. The summed E-state index contributed by atoms with van der Waals surface area (Å²) < 4.78 is 1.54. The highest BCUT2D eigenvalue weighted by molar-refractivity contribution is 7.09. The highest BCUT2D eigenvalue weighted by Gasteiger charge is 2.21. The van der Waals surface area contributed by atoms with Crippen LogP contribution in [0.2, 0.25) is 0 Å². The number of non-ortho nitro benzene ring substituents is 1. The minimum atomic E-state index is -0.446. The van der Waals surface area contributed by atoms with Gasteiger partial charge in [0.15, 0.2) is 5.69 Å². The van der Waals surface area contributed by atoms with E-state index >= 15 is 0 Å². The van der Waals surface area contributed by atoms with Gasteiger partial charge in [-0.15, -0.1) is 11.3 Å². The van der Waals surface area contributed by atoms with Gasteiger partial charge in [-0.25, -0.2) is 4.68 Å². The van der Waals surface area contributed by atoms with Crippen molar-refractivity contribution in [1.82, 2.24) is 20.0 Å². The van der Waals surface area contributed by atoms with Crippen LogP contribution in [0.25, 0.3) is 5.69 Å². The summed E-state index contributed by atoms with van der Waals surface area (Å²) in [7, 11) is 0. The van der Waals surface area contributed by atoms with Gasteiger partial charge in [0.05, 0.1) is 10.6 Å². The summed E-state index contributed by atoms with van der Waals surface area (Å²) >= 11 is 1.78. The predicted octanol–water partition coefficient (Wildman–Crippen LogP) is 3.48. The zero-order valence-electron chi connectivity index (χ0n) is 16.4. The first-order valence-electron chi connectivity index (χ1n) is 9.92. The van der Waals surface area contributed by atoms with E-state index in [2.05, 4.69) is 32.8 Å². The molecule has 1 fully saturated rings. The molecule has 2 aromatic heterocycles. The van der Waals surface area contributed by atoms with E-state index in [0.29, 0.717) is 23.8 Å². The van der Waals surface area contributed by atoms with Gasteiger partial charge in [0, 0.05) is 42.8 Å². The van der Waals surface area contributed by atoms with Crippen LogP contribution in [-0.2, 0) is 6.54 Å². The molecule has 1 aliphatic rings. The summed E-state index contributed by atoms with van der Waals surface area (Å²) in [6.07, 6.45) is 3.93. The number of thiophene rings is 1. The van der Waals surface area contributed by atoms with Crippen LogP contribution in [0.5, 0.6) is 0 Å². The van der Waals surface area contributed by atoms with Crippen LogP contribution in [0.4, 0.5) is 5.69 Å². The normalized spacial score (nSPS) is 17.0. The molecular weight excluding hydrogens is 402 g/mol. The van der Waals surface area contributed by atoms with Crippen molar-refractivity contribution in [2.24, 2.45) is 5.92 Å². The quantitative estimate of drug-likeness (QED) is 0.462. The molecule has 8 nitrogen and oxygen atoms in total. The third-order valence-corrected chi connectivity index (χ3v) is 6.12. The molecule has 1 aliphatic heterocycles. The fraction of sp³-hybridized carbons (Fsp3) is 0.333. The lowest BCUT2D eigenvalue weighted by Gasteiger charge is -2.32. The van der Waals surface area contributed by atoms with Crippen LogP contribution >= 0.6 is 11.3 Å². The van der Waals surface area contributed by atoms with Crippen LogP contribution in [-0.4, -0.2) is 45.1 Å². The largest absolute Gasteiger partial charge is 0.350 e. The van der Waals surface area contributed by atoms with Gasteiger partial charge in [-0.05, 0) is 54.9 Å². The molecule has 30 heavy (non-hydrogen) atoms. The second kappa shape index (κ2) is 9.19. The molecule has 1 saturated heterocycles. The van der Waals surface area contributed by atoms with Gasteiger partial charge in [0.2, 0.25) is 0 Å². The molecule has 0 aliphatic carbocycles. The number of rotatable bonds is 7. The molecule has 1 N–H and O–H groups in total. The van der Waals surface area contributed by atoms with Crippen LogP contribution < -0.4 is 5.32 Å². The lowest BCUT2D eigenvalue weighted by atomic mass is 9.98. The molecule has 0 spiro atoms. The van der Waals surface area contributed by atoms with E-state index in [4.69, 9.17) is 0 Å². The number of benzene rings is 1. The molecule has 3 heterocycles. The minimum absolute atomic E-state index is 0.0180. The molecule has 9 heteroatoms. The fourth-order valence-corrected chi connectivity index (χ4v) is 4.47. The highest BCUT2D eigenvalue weighted by Crippen LogP contribution is 2.20. The van der Waals surface area contributed by atoms with E-state index in [0.717, 1.165) is 32.5 Å². The molecule has 0 radical (unpaired) electrons. The van der Waals surface area contributed by atoms with E-state index in [1.165, 1.54) is 17.0 Å². The van der Waals surface area contributed by atoms with Gasteiger partial charge < -0.3 is 5.32 Å². The Kier molecular flexibility index (Phi) is 6.20. The van der Waals surface area contributed by atoms with E-state index in [9.17, 15) is 14.9 Å². The number of nitrogens with one attached hydrogen (secondary N) is 1. The zero-order valence-corrected chi connectivity index (χ0v) is 17.3. The fourth-order valence-electron chi connectivity index (χ4n) is 3.73. The molecular formula is C21H23N5O3S. The molecule has 1 aromatic carbocycles. The zero-order chi connectivity index (χ0) is 20.9. The molecule has 156 valence electrons. The van der Waals surface area contributed by atoms with Crippen molar-refractivity contribution in [3.05, 3.63) is 74.7 Å². The number of aromatic nitrogens is 2. The van der Waals surface area contributed by atoms with Crippen molar-refractivity contribution >= 4 is 22.9 Å². The van der Waals surface area contributed by atoms with Crippen molar-refractivity contribution < 1.29 is 9.72 Å². The van der Waals surface area contributed by atoms with Crippen LogP contribution in [0.15, 0.2) is 54.0 Å². The lowest BCUT2D eigenvalue weighted by molar-refractivity contribution is -0.384. The van der Waals surface area contributed by atoms with Crippen molar-refractivity contribution in [2.75, 3.05) is 19.6 Å². The number of hydrogen-bond acceptors (Lipinski definition) is 6. The second-order valence-corrected chi connectivity index (χ2v) is 8.48. The van der Waals surface area contributed by atoms with Gasteiger partial charge >= 0.3 is 0 Å². The molecule has 1 unspecified atom stereocenters. The summed E-state index contributed by atoms with van der Waals surface area (Å²) in [5.41, 5.74) is 1.01. The molecule has 4 rings (SSSR count). The Labute approximate surface area is 178 Å². The van der Waals surface area contributed by atoms with Gasteiger partial charge in [0.1, 0.15) is 0 Å². The maximum Gasteiger partial charge on any atom is 0.271 e. The van der Waals surface area contributed by atoms with Crippen molar-refractivity contribution in [3.63, 3.8) is 0 Å². The first-order chi connectivity index (χ1) is 14.6. The molecule has 1 atom stereocenters. The van der Waals surface area contributed by atoms with Crippen LogP contribution in [0, 0.1) is 16.0 Å². The van der Waals surface area contributed by atoms with Crippen molar-refractivity contribution in [1.29, 1.82) is 0 Å². The number of amides is 1. The smallest absolute Gasteiger partial charge is 0.271 e. The Morgan fingerprint density at radius 3 is 2.83 bits per heavy atom. The summed E-state index contributed by atoms with van der Waals surface area (Å²) in [6.45, 7) is 3.68. The topological polar surface area (TPSA) is 93.3 Å². The summed E-state index contributed by atoms with van der Waals surface area (Å²) in [5, 5.41) is 20.2. The van der Waals surface area contributed by atoms with E-state index in [-0.39, 0.29) is 11.6 Å². The average Bonchev–Trinajstić information content (AvgIpc) is 3.45. The van der Waals surface area contributed by atoms with Crippen LogP contribution in [0.1, 0.15) is 28.2 Å². The number of nitro groups is 1. The average molecular weight is 426 g/mol. The molecule has 3 aromatic rings. The Hall–Kier alpha value is -3.04. The Balaban J connectivity index is 1.30. The number of hydrogen-bond donors (Lipinski definition) is 1. The minimum Gasteiger partial charge on any atom is -0.350 e. The van der Waals surface area contributed by atoms with Crippen LogP contribution in [0.3, 0.4) is 0 Å². The van der Waals surface area contributed by atoms with Gasteiger partial charge in [-0.1, -0.05) is 6.07 Å². The summed E-state index contributed by atoms with van der Waals surface area (Å²) in [4.78, 5) is 26.7. The maximum atomic E-state index is 12.5. The maximum absolute atomic E-state index is 12.5.